The first kappa shape index (κ1) is 62.5. The summed E-state index contributed by atoms with van der Waals surface area (Å²) in [6, 6.07) is 0. The summed E-state index contributed by atoms with van der Waals surface area (Å²) in [5.41, 5.74) is 0. The van der Waals surface area contributed by atoms with Crippen molar-refractivity contribution in [3.63, 3.8) is 0 Å². The summed E-state index contributed by atoms with van der Waals surface area (Å²) in [4.78, 5) is 38.0. The summed E-state index contributed by atoms with van der Waals surface area (Å²) in [7, 11) is 0. The quantitative estimate of drug-likeness (QED) is 0.0199. The van der Waals surface area contributed by atoms with Gasteiger partial charge in [0.1, 0.15) is 13.2 Å². The van der Waals surface area contributed by atoms with E-state index in [1.165, 1.54) is 89.9 Å². The fourth-order valence-corrected chi connectivity index (χ4v) is 6.89. The van der Waals surface area contributed by atoms with Gasteiger partial charge in [-0.25, -0.2) is 0 Å². The first-order valence-corrected chi connectivity index (χ1v) is 26.8. The van der Waals surface area contributed by atoms with Gasteiger partial charge < -0.3 is 14.2 Å². The molecule has 1 unspecified atom stereocenters. The van der Waals surface area contributed by atoms with Crippen LogP contribution in [-0.4, -0.2) is 37.2 Å². The highest BCUT2D eigenvalue weighted by atomic mass is 16.6. The number of hydrogen-bond donors (Lipinski definition) is 0. The maximum atomic E-state index is 12.8. The minimum Gasteiger partial charge on any atom is -0.462 e. The second-order valence-corrected chi connectivity index (χ2v) is 17.3. The Hall–Kier alpha value is -4.45. The van der Waals surface area contributed by atoms with Crippen molar-refractivity contribution in [2.45, 2.75) is 219 Å². The molecule has 0 rings (SSSR count). The van der Waals surface area contributed by atoms with E-state index in [0.29, 0.717) is 19.3 Å². The standard InChI is InChI=1S/C61H96O6/c1-4-7-10-13-16-19-22-25-27-29-30-32-33-36-39-42-45-48-51-54-60(63)66-57-58(56-65-59(62)53-50-47-44-41-38-35-24-21-18-15-12-9-6-3)67-61(64)55-52-49-46-43-40-37-34-31-28-26-23-20-17-14-11-8-5-2/h8-9,11-12,14-15,17-18,20-21,23-24,26,28-31,34-35,37-38,40,58H,4-7,10,13,16,19,22,25,27,32-33,36,39,41-57H2,1-3H3/b11-8+,12-9+,17-14+,18-15+,23-20+,24-21+,28-26+,30-29+,34-31+,38-35+,40-37+. The molecule has 0 saturated heterocycles. The zero-order valence-electron chi connectivity index (χ0n) is 42.9. The van der Waals surface area contributed by atoms with Crippen LogP contribution in [0.4, 0.5) is 0 Å². The van der Waals surface area contributed by atoms with Gasteiger partial charge in [0.15, 0.2) is 6.10 Å². The van der Waals surface area contributed by atoms with Crippen molar-refractivity contribution in [2.24, 2.45) is 0 Å². The van der Waals surface area contributed by atoms with Crippen molar-refractivity contribution in [3.8, 4) is 0 Å². The summed E-state index contributed by atoms with van der Waals surface area (Å²) in [5, 5.41) is 0. The third-order valence-electron chi connectivity index (χ3n) is 10.9. The third kappa shape index (κ3) is 52.4. The van der Waals surface area contributed by atoms with Gasteiger partial charge in [-0.15, -0.1) is 0 Å². The molecule has 0 spiro atoms. The lowest BCUT2D eigenvalue weighted by atomic mass is 10.1. The van der Waals surface area contributed by atoms with Crippen LogP contribution >= 0.6 is 0 Å². The van der Waals surface area contributed by atoms with Crippen LogP contribution in [0.1, 0.15) is 213 Å². The number of carbonyl (C=O) groups is 3. The van der Waals surface area contributed by atoms with Crippen molar-refractivity contribution >= 4 is 17.9 Å². The van der Waals surface area contributed by atoms with E-state index in [1.807, 2.05) is 97.2 Å². The molecular formula is C61H96O6. The van der Waals surface area contributed by atoms with Gasteiger partial charge in [0.25, 0.3) is 0 Å². The average molecular weight is 925 g/mol. The van der Waals surface area contributed by atoms with E-state index in [-0.39, 0.29) is 37.5 Å². The summed E-state index contributed by atoms with van der Waals surface area (Å²) in [5.74, 6) is -1.01. The number of unbranched alkanes of at least 4 members (excludes halogenated alkanes) is 21. The normalized spacial score (nSPS) is 13.2. The predicted molar refractivity (Wildman–Crippen MR) is 288 cm³/mol. The van der Waals surface area contributed by atoms with Crippen LogP contribution in [0.5, 0.6) is 0 Å². The van der Waals surface area contributed by atoms with E-state index in [9.17, 15) is 14.4 Å². The van der Waals surface area contributed by atoms with E-state index >= 15 is 0 Å². The molecule has 0 N–H and O–H groups in total. The Morgan fingerprint density at radius 2 is 0.597 bits per heavy atom. The first-order valence-electron chi connectivity index (χ1n) is 26.8. The van der Waals surface area contributed by atoms with Crippen LogP contribution in [0.25, 0.3) is 0 Å². The second kappa shape index (κ2) is 54.2. The van der Waals surface area contributed by atoms with Gasteiger partial charge in [-0.05, 0) is 83.5 Å². The Labute approximate surface area is 411 Å². The van der Waals surface area contributed by atoms with E-state index < -0.39 is 6.10 Å². The fraction of sp³-hybridized carbons (Fsp3) is 0.590. The average Bonchev–Trinajstić information content (AvgIpc) is 3.33. The molecule has 0 aliphatic heterocycles. The van der Waals surface area contributed by atoms with Gasteiger partial charge >= 0.3 is 17.9 Å². The van der Waals surface area contributed by atoms with Gasteiger partial charge in [-0.1, -0.05) is 244 Å². The van der Waals surface area contributed by atoms with Gasteiger partial charge in [0.2, 0.25) is 0 Å². The zero-order valence-corrected chi connectivity index (χ0v) is 42.9. The molecule has 6 nitrogen and oxygen atoms in total. The summed E-state index contributed by atoms with van der Waals surface area (Å²) in [6.07, 6.45) is 75.8. The molecular weight excluding hydrogens is 829 g/mol. The van der Waals surface area contributed by atoms with Crippen LogP contribution < -0.4 is 0 Å². The van der Waals surface area contributed by atoms with Crippen molar-refractivity contribution in [1.29, 1.82) is 0 Å². The SMILES string of the molecule is CC/C=C/C=C/C=C/C=C/C=C/C=C/CCCCCC(=O)OC(COC(=O)CCCCC/C=C/C=C/C=C/C=C/CC)COC(=O)CCCCCCCCC/C=C/CCCCCCCCCC. The molecule has 0 fully saturated rings. The van der Waals surface area contributed by atoms with Gasteiger partial charge in [-0.3, -0.25) is 14.4 Å². The lowest BCUT2D eigenvalue weighted by Crippen LogP contribution is -2.30. The topological polar surface area (TPSA) is 78.9 Å². The van der Waals surface area contributed by atoms with Crippen molar-refractivity contribution in [3.05, 3.63) is 134 Å². The molecule has 376 valence electrons. The Balaban J connectivity index is 4.53. The largest absolute Gasteiger partial charge is 0.462 e. The minimum absolute atomic E-state index is 0.116. The second-order valence-electron chi connectivity index (χ2n) is 17.3. The number of ether oxygens (including phenoxy) is 3. The Bertz CT molecular complexity index is 1480. The lowest BCUT2D eigenvalue weighted by molar-refractivity contribution is -0.167. The van der Waals surface area contributed by atoms with E-state index in [4.69, 9.17) is 14.2 Å². The molecule has 0 saturated carbocycles. The van der Waals surface area contributed by atoms with Crippen LogP contribution in [0.15, 0.2) is 134 Å². The van der Waals surface area contributed by atoms with Crippen LogP contribution in [-0.2, 0) is 28.6 Å². The maximum Gasteiger partial charge on any atom is 0.306 e. The number of rotatable bonds is 46. The molecule has 0 aliphatic carbocycles. The molecule has 0 aromatic heterocycles. The summed E-state index contributed by atoms with van der Waals surface area (Å²) < 4.78 is 16.7. The Morgan fingerprint density at radius 1 is 0.313 bits per heavy atom. The monoisotopic (exact) mass is 925 g/mol. The molecule has 0 aliphatic rings. The number of esters is 3. The Kier molecular flexibility index (Phi) is 50.6. The molecule has 6 heteroatoms. The van der Waals surface area contributed by atoms with Gasteiger partial charge in [-0.2, -0.15) is 0 Å². The number of hydrogen-bond acceptors (Lipinski definition) is 6. The van der Waals surface area contributed by atoms with Crippen molar-refractivity contribution in [2.75, 3.05) is 13.2 Å². The molecule has 0 heterocycles. The molecule has 0 aromatic rings. The van der Waals surface area contributed by atoms with Crippen LogP contribution in [0.2, 0.25) is 0 Å². The van der Waals surface area contributed by atoms with Gasteiger partial charge in [0.05, 0.1) is 0 Å². The highest BCUT2D eigenvalue weighted by Crippen LogP contribution is 2.14. The molecule has 0 radical (unpaired) electrons. The number of allylic oxidation sites excluding steroid dienone is 22. The van der Waals surface area contributed by atoms with Crippen molar-refractivity contribution in [1.82, 2.24) is 0 Å². The van der Waals surface area contributed by atoms with E-state index in [1.54, 1.807) is 0 Å². The van der Waals surface area contributed by atoms with E-state index in [2.05, 4.69) is 57.2 Å². The smallest absolute Gasteiger partial charge is 0.306 e. The fourth-order valence-electron chi connectivity index (χ4n) is 6.89. The number of carbonyl (C=O) groups excluding carboxylic acids is 3. The van der Waals surface area contributed by atoms with Gasteiger partial charge in [0, 0.05) is 19.3 Å². The third-order valence-corrected chi connectivity index (χ3v) is 10.9. The lowest BCUT2D eigenvalue weighted by Gasteiger charge is -2.18. The molecule has 0 bridgehead atoms. The Morgan fingerprint density at radius 3 is 0.970 bits per heavy atom. The van der Waals surface area contributed by atoms with Crippen LogP contribution in [0.3, 0.4) is 0 Å². The molecule has 1 atom stereocenters. The highest BCUT2D eigenvalue weighted by Gasteiger charge is 2.19. The van der Waals surface area contributed by atoms with Crippen LogP contribution in [0, 0.1) is 0 Å². The molecule has 0 amide bonds. The maximum absolute atomic E-state index is 12.8. The highest BCUT2D eigenvalue weighted by molar-refractivity contribution is 5.71. The van der Waals surface area contributed by atoms with Crippen molar-refractivity contribution < 1.29 is 28.6 Å². The summed E-state index contributed by atoms with van der Waals surface area (Å²) >= 11 is 0. The molecule has 67 heavy (non-hydrogen) atoms. The van der Waals surface area contributed by atoms with E-state index in [0.717, 1.165) is 77.0 Å². The first-order chi connectivity index (χ1) is 33.0. The predicted octanol–water partition coefficient (Wildman–Crippen LogP) is 17.9. The summed E-state index contributed by atoms with van der Waals surface area (Å²) in [6.45, 7) is 6.26. The minimum atomic E-state index is -0.824. The zero-order chi connectivity index (χ0) is 48.6. The molecule has 0 aromatic carbocycles.